The largest absolute Gasteiger partial charge is 0.370 e. The molecule has 1 aliphatic rings. The predicted molar refractivity (Wildman–Crippen MR) is 113 cm³/mol. The van der Waals surface area contributed by atoms with E-state index in [1.54, 1.807) is 0 Å². The maximum absolute atomic E-state index is 11.7. The number of carbonyl (C=O) groups excluding carboxylic acids is 1. The van der Waals surface area contributed by atoms with E-state index in [9.17, 15) is 4.79 Å². The summed E-state index contributed by atoms with van der Waals surface area (Å²) in [6.07, 6.45) is 0.0486. The number of aryl methyl sites for hydroxylation is 1. The normalized spacial score (nSPS) is 15.9. The molecular weight excluding hydrogens is 364 g/mol. The van der Waals surface area contributed by atoms with Crippen LogP contribution in [-0.4, -0.2) is 16.8 Å². The summed E-state index contributed by atoms with van der Waals surface area (Å²) in [5, 5.41) is 4.12. The van der Waals surface area contributed by atoms with Crippen molar-refractivity contribution in [3.8, 4) is 11.1 Å². The Balaban J connectivity index is 1.93. The Bertz CT molecular complexity index is 1100. The van der Waals surface area contributed by atoms with Gasteiger partial charge in [-0.15, -0.1) is 0 Å². The number of primary amides is 1. The summed E-state index contributed by atoms with van der Waals surface area (Å²) >= 11 is 0. The third-order valence-electron chi connectivity index (χ3n) is 5.23. The average Bonchev–Trinajstić information content (AvgIpc) is 2.99. The molecule has 1 amide bonds. The number of benzene rings is 2. The molecule has 1 aromatic heterocycles. The van der Waals surface area contributed by atoms with E-state index in [1.165, 1.54) is 0 Å². The van der Waals surface area contributed by atoms with Gasteiger partial charge in [-0.1, -0.05) is 53.7 Å². The number of hydrogen-bond acceptors (Lipinski definition) is 5. The zero-order valence-corrected chi connectivity index (χ0v) is 16.8. The Hall–Kier alpha value is -3.25. The fourth-order valence-corrected chi connectivity index (χ4v) is 3.75. The van der Waals surface area contributed by atoms with Crippen molar-refractivity contribution in [3.05, 3.63) is 76.7 Å². The molecule has 0 unspecified atom stereocenters. The van der Waals surface area contributed by atoms with E-state index in [0.717, 1.165) is 39.2 Å². The summed E-state index contributed by atoms with van der Waals surface area (Å²) in [5.74, 6) is 0.132. The molecule has 2 aromatic carbocycles. The Labute approximate surface area is 169 Å². The number of nitrogens with two attached hydrogens (primary N) is 2. The number of amides is 1. The molecular formula is C23H24N4O2. The fourth-order valence-electron chi connectivity index (χ4n) is 3.75. The van der Waals surface area contributed by atoms with Crippen molar-refractivity contribution in [1.29, 1.82) is 0 Å². The van der Waals surface area contributed by atoms with Crippen LogP contribution in [-0.2, 0) is 10.3 Å². The number of aliphatic imine (C=N–C) groups is 1. The molecule has 6 nitrogen and oxygen atoms in total. The van der Waals surface area contributed by atoms with Crippen LogP contribution in [0, 0.1) is 6.92 Å². The van der Waals surface area contributed by atoms with Crippen LogP contribution in [0.25, 0.3) is 11.1 Å². The summed E-state index contributed by atoms with van der Waals surface area (Å²) in [4.78, 5) is 16.7. The van der Waals surface area contributed by atoms with Crippen molar-refractivity contribution in [2.45, 2.75) is 38.8 Å². The van der Waals surface area contributed by atoms with Crippen LogP contribution in [0.4, 0.5) is 0 Å². The Morgan fingerprint density at radius 2 is 1.76 bits per heavy atom. The molecule has 4 N–H and O–H groups in total. The minimum Gasteiger partial charge on any atom is -0.370 e. The molecule has 0 fully saturated rings. The third kappa shape index (κ3) is 3.47. The van der Waals surface area contributed by atoms with Crippen molar-refractivity contribution in [3.63, 3.8) is 0 Å². The molecule has 4 rings (SSSR count). The number of fused-ring (bicyclic) bond motifs is 3. The van der Waals surface area contributed by atoms with Crippen molar-refractivity contribution >= 4 is 11.6 Å². The number of rotatable bonds is 4. The Kier molecular flexibility index (Phi) is 4.59. The number of hydrogen-bond donors (Lipinski definition) is 2. The molecule has 29 heavy (non-hydrogen) atoms. The van der Waals surface area contributed by atoms with Gasteiger partial charge < -0.3 is 16.0 Å². The highest BCUT2D eigenvalue weighted by Crippen LogP contribution is 2.40. The summed E-state index contributed by atoms with van der Waals surface area (Å²) in [5.41, 5.74) is 17.7. The van der Waals surface area contributed by atoms with E-state index >= 15 is 0 Å². The van der Waals surface area contributed by atoms with Crippen LogP contribution < -0.4 is 11.5 Å². The molecule has 148 valence electrons. The second-order valence-electron chi connectivity index (χ2n) is 8.02. The van der Waals surface area contributed by atoms with Gasteiger partial charge in [-0.2, -0.15) is 0 Å². The molecule has 0 bridgehead atoms. The average molecular weight is 388 g/mol. The molecule has 0 saturated carbocycles. The van der Waals surface area contributed by atoms with Gasteiger partial charge in [0.2, 0.25) is 5.91 Å². The van der Waals surface area contributed by atoms with Crippen LogP contribution in [0.5, 0.6) is 0 Å². The summed E-state index contributed by atoms with van der Waals surface area (Å²) in [6.45, 7) is 5.83. The summed E-state index contributed by atoms with van der Waals surface area (Å²) in [7, 11) is 0. The van der Waals surface area contributed by atoms with Gasteiger partial charge in [-0.3, -0.25) is 9.79 Å². The molecule has 0 radical (unpaired) electrons. The second-order valence-corrected chi connectivity index (χ2v) is 8.02. The molecule has 0 spiro atoms. The highest BCUT2D eigenvalue weighted by atomic mass is 16.5. The smallest absolute Gasteiger partial charge is 0.220 e. The van der Waals surface area contributed by atoms with Gasteiger partial charge in [0.05, 0.1) is 23.4 Å². The van der Waals surface area contributed by atoms with E-state index in [4.69, 9.17) is 21.0 Å². The van der Waals surface area contributed by atoms with Gasteiger partial charge in [0.1, 0.15) is 6.04 Å². The first kappa shape index (κ1) is 19.1. The molecule has 2 heterocycles. The standard InChI is InChI=1S/C23H24N4O2/c1-13-20-16-6-4-5-7-17(16)21(14-8-10-15(11-9-14)23(2,3)25)26-18(12-19(24)28)22(20)29-27-13/h4-11,18H,12,25H2,1-3H3,(H2,24,28)/t18-/m0/s1. The number of nitrogens with zero attached hydrogens (tertiary/aromatic N) is 2. The maximum atomic E-state index is 11.7. The summed E-state index contributed by atoms with van der Waals surface area (Å²) < 4.78 is 5.60. The van der Waals surface area contributed by atoms with Crippen molar-refractivity contribution in [2.75, 3.05) is 0 Å². The van der Waals surface area contributed by atoms with E-state index in [1.807, 2.05) is 69.3 Å². The first-order valence-electron chi connectivity index (χ1n) is 9.57. The molecule has 3 aromatic rings. The van der Waals surface area contributed by atoms with Crippen molar-refractivity contribution < 1.29 is 9.32 Å². The van der Waals surface area contributed by atoms with Crippen LogP contribution in [0.2, 0.25) is 0 Å². The Morgan fingerprint density at radius 3 is 2.38 bits per heavy atom. The van der Waals surface area contributed by atoms with Crippen LogP contribution in [0.3, 0.4) is 0 Å². The maximum Gasteiger partial charge on any atom is 0.220 e. The highest BCUT2D eigenvalue weighted by Gasteiger charge is 2.31. The van der Waals surface area contributed by atoms with E-state index in [-0.39, 0.29) is 6.42 Å². The zero-order valence-electron chi connectivity index (χ0n) is 16.8. The van der Waals surface area contributed by atoms with Crippen LogP contribution in [0.15, 0.2) is 58.0 Å². The van der Waals surface area contributed by atoms with Crippen molar-refractivity contribution in [2.24, 2.45) is 16.5 Å². The van der Waals surface area contributed by atoms with Gasteiger partial charge in [0.15, 0.2) is 5.76 Å². The minimum absolute atomic E-state index is 0.0486. The predicted octanol–water partition coefficient (Wildman–Crippen LogP) is 3.61. The van der Waals surface area contributed by atoms with Crippen LogP contribution >= 0.6 is 0 Å². The minimum atomic E-state index is -0.531. The number of carbonyl (C=O) groups is 1. The van der Waals surface area contributed by atoms with Gasteiger partial charge in [0, 0.05) is 16.7 Å². The third-order valence-corrected chi connectivity index (χ3v) is 5.23. The lowest BCUT2D eigenvalue weighted by atomic mass is 9.90. The van der Waals surface area contributed by atoms with Crippen LogP contribution in [0.1, 0.15) is 54.5 Å². The lowest BCUT2D eigenvalue weighted by molar-refractivity contribution is -0.118. The van der Waals surface area contributed by atoms with Gasteiger partial charge in [-0.05, 0) is 31.9 Å². The van der Waals surface area contributed by atoms with Gasteiger partial charge >= 0.3 is 0 Å². The van der Waals surface area contributed by atoms with E-state index < -0.39 is 17.5 Å². The monoisotopic (exact) mass is 388 g/mol. The topological polar surface area (TPSA) is 108 Å². The molecule has 0 aliphatic carbocycles. The molecule has 0 saturated heterocycles. The second kappa shape index (κ2) is 6.97. The van der Waals surface area contributed by atoms with Gasteiger partial charge in [-0.25, -0.2) is 0 Å². The van der Waals surface area contributed by atoms with Gasteiger partial charge in [0.25, 0.3) is 0 Å². The molecule has 1 atom stereocenters. The van der Waals surface area contributed by atoms with E-state index in [2.05, 4.69) is 5.16 Å². The zero-order chi connectivity index (χ0) is 20.8. The lowest BCUT2D eigenvalue weighted by Crippen LogP contribution is -2.28. The molecule has 6 heteroatoms. The fraction of sp³-hybridized carbons (Fsp3) is 0.261. The SMILES string of the molecule is Cc1noc2c1-c1ccccc1C(c1ccc(C(C)(C)N)cc1)=N[C@H]2CC(N)=O. The lowest BCUT2D eigenvalue weighted by Gasteiger charge is -2.20. The first-order valence-corrected chi connectivity index (χ1v) is 9.57. The van der Waals surface area contributed by atoms with Crippen molar-refractivity contribution in [1.82, 2.24) is 5.16 Å². The quantitative estimate of drug-likeness (QED) is 0.712. The number of aromatic nitrogens is 1. The first-order chi connectivity index (χ1) is 13.8. The van der Waals surface area contributed by atoms with E-state index in [0.29, 0.717) is 5.76 Å². The summed E-state index contributed by atoms with van der Waals surface area (Å²) in [6, 6.07) is 15.5. The Morgan fingerprint density at radius 1 is 1.10 bits per heavy atom. The molecule has 1 aliphatic heterocycles. The highest BCUT2D eigenvalue weighted by molar-refractivity contribution is 6.17.